The Morgan fingerprint density at radius 1 is 1.09 bits per heavy atom. The number of amides is 2. The molecule has 0 atom stereocenters. The fourth-order valence-electron chi connectivity index (χ4n) is 4.71. The van der Waals surface area contributed by atoms with Crippen LogP contribution in [-0.4, -0.2) is 58.5 Å². The van der Waals surface area contributed by atoms with E-state index in [2.05, 4.69) is 15.6 Å². The number of hydrogen-bond donors (Lipinski definition) is 3. The maximum Gasteiger partial charge on any atom is 0.416 e. The molecule has 1 saturated carbocycles. The molecule has 3 N–H and O–H groups in total. The molecule has 1 aromatic carbocycles. The van der Waals surface area contributed by atoms with E-state index >= 15 is 0 Å². The number of carbonyl (C=O) groups is 2. The number of aromatic nitrogens is 1. The number of halogens is 3. The summed E-state index contributed by atoms with van der Waals surface area (Å²) in [4.78, 5) is 31.6. The van der Waals surface area contributed by atoms with Crippen LogP contribution in [-0.2, 0) is 11.0 Å². The van der Waals surface area contributed by atoms with Gasteiger partial charge in [-0.2, -0.15) is 13.2 Å². The van der Waals surface area contributed by atoms with Crippen LogP contribution in [0.5, 0.6) is 5.75 Å². The molecule has 1 saturated heterocycles. The van der Waals surface area contributed by atoms with Gasteiger partial charge in [0.1, 0.15) is 5.75 Å². The van der Waals surface area contributed by atoms with Crippen LogP contribution < -0.4 is 10.6 Å². The molecule has 1 aliphatic heterocycles. The first-order valence-corrected chi connectivity index (χ1v) is 11.3. The number of carbonyl (C=O) groups excluding carboxylic acids is 2. The van der Waals surface area contributed by atoms with Gasteiger partial charge in [-0.25, -0.2) is 0 Å². The smallest absolute Gasteiger partial charge is 0.416 e. The third kappa shape index (κ3) is 5.32. The molecule has 0 unspecified atom stereocenters. The zero-order valence-corrected chi connectivity index (χ0v) is 18.5. The molecule has 34 heavy (non-hydrogen) atoms. The predicted octanol–water partition coefficient (Wildman–Crippen LogP) is 3.06. The second kappa shape index (κ2) is 10.0. The van der Waals surface area contributed by atoms with Crippen molar-refractivity contribution in [3.05, 3.63) is 59.4 Å². The summed E-state index contributed by atoms with van der Waals surface area (Å²) >= 11 is 0. The minimum Gasteiger partial charge on any atom is -0.506 e. The van der Waals surface area contributed by atoms with Crippen LogP contribution in [0.15, 0.2) is 42.6 Å². The second-order valence-corrected chi connectivity index (χ2v) is 8.79. The molecule has 1 aliphatic carbocycles. The monoisotopic (exact) mass is 476 g/mol. The van der Waals surface area contributed by atoms with Crippen molar-refractivity contribution in [3.8, 4) is 5.75 Å². The second-order valence-electron chi connectivity index (χ2n) is 8.79. The van der Waals surface area contributed by atoms with Crippen LogP contribution in [0.2, 0.25) is 0 Å². The molecule has 2 heterocycles. The third-order valence-electron chi connectivity index (χ3n) is 6.59. The van der Waals surface area contributed by atoms with E-state index in [0.717, 1.165) is 37.8 Å². The summed E-state index contributed by atoms with van der Waals surface area (Å²) in [7, 11) is 0. The molecule has 0 spiro atoms. The van der Waals surface area contributed by atoms with E-state index in [4.69, 9.17) is 0 Å². The maximum atomic E-state index is 13.1. The molecule has 0 bridgehead atoms. The van der Waals surface area contributed by atoms with Crippen molar-refractivity contribution in [1.29, 1.82) is 0 Å². The highest BCUT2D eigenvalue weighted by atomic mass is 19.4. The van der Waals surface area contributed by atoms with Crippen molar-refractivity contribution in [2.24, 2.45) is 0 Å². The highest BCUT2D eigenvalue weighted by Gasteiger charge is 2.37. The third-order valence-corrected chi connectivity index (χ3v) is 6.59. The van der Waals surface area contributed by atoms with Gasteiger partial charge in [0.2, 0.25) is 5.91 Å². The quantitative estimate of drug-likeness (QED) is 0.596. The van der Waals surface area contributed by atoms with Crippen molar-refractivity contribution in [3.63, 3.8) is 0 Å². The van der Waals surface area contributed by atoms with Crippen LogP contribution in [0.3, 0.4) is 0 Å². The number of alkyl halides is 3. The normalized spacial score (nSPS) is 20.9. The fraction of sp³-hybridized carbons (Fsp3) is 0.458. The first-order chi connectivity index (χ1) is 16.2. The van der Waals surface area contributed by atoms with Crippen molar-refractivity contribution < 1.29 is 27.9 Å². The van der Waals surface area contributed by atoms with Gasteiger partial charge in [-0.05, 0) is 56.0 Å². The molecule has 2 aliphatic rings. The molecular weight excluding hydrogens is 449 g/mol. The molecule has 10 heteroatoms. The van der Waals surface area contributed by atoms with E-state index in [0.29, 0.717) is 18.8 Å². The molecule has 2 aromatic rings. The van der Waals surface area contributed by atoms with E-state index in [1.54, 1.807) is 18.3 Å². The van der Waals surface area contributed by atoms with Gasteiger partial charge in [0.05, 0.1) is 23.8 Å². The summed E-state index contributed by atoms with van der Waals surface area (Å²) in [6, 6.07) is 7.45. The van der Waals surface area contributed by atoms with Crippen LogP contribution in [0.25, 0.3) is 0 Å². The molecule has 4 rings (SSSR count). The lowest BCUT2D eigenvalue weighted by atomic mass is 9.82. The van der Waals surface area contributed by atoms with Crippen molar-refractivity contribution in [2.75, 3.05) is 19.6 Å². The Kier molecular flexibility index (Phi) is 7.06. The lowest BCUT2D eigenvalue weighted by molar-refractivity contribution is -0.138. The summed E-state index contributed by atoms with van der Waals surface area (Å²) in [6.07, 6.45) is 0.135. The Labute approximate surface area is 195 Å². The fourth-order valence-corrected chi connectivity index (χ4v) is 4.71. The zero-order chi connectivity index (χ0) is 24.3. The van der Waals surface area contributed by atoms with Crippen LogP contribution in [0, 0.1) is 0 Å². The van der Waals surface area contributed by atoms with E-state index in [-0.39, 0.29) is 41.8 Å². The number of pyridine rings is 1. The number of nitrogens with one attached hydrogen (secondary N) is 2. The summed E-state index contributed by atoms with van der Waals surface area (Å²) in [5.41, 5.74) is -0.378. The van der Waals surface area contributed by atoms with Crippen molar-refractivity contribution >= 4 is 11.8 Å². The van der Waals surface area contributed by atoms with Crippen molar-refractivity contribution in [2.45, 2.75) is 49.9 Å². The SMILES string of the molecule is O=C(NCC(=O)N(C1CCC(c2ncccc2O)CC1)C1CNC1)c1cccc(C(F)(F)F)c1. The predicted molar refractivity (Wildman–Crippen MR) is 118 cm³/mol. The maximum absolute atomic E-state index is 13.1. The Bertz CT molecular complexity index is 1030. The van der Waals surface area contributed by atoms with Crippen LogP contribution in [0.4, 0.5) is 13.2 Å². The summed E-state index contributed by atoms with van der Waals surface area (Å²) in [5, 5.41) is 15.7. The molecule has 1 aromatic heterocycles. The first-order valence-electron chi connectivity index (χ1n) is 11.3. The largest absolute Gasteiger partial charge is 0.506 e. The van der Waals surface area contributed by atoms with Gasteiger partial charge in [-0.1, -0.05) is 6.07 Å². The molecule has 2 fully saturated rings. The van der Waals surface area contributed by atoms with E-state index < -0.39 is 17.6 Å². The van der Waals surface area contributed by atoms with Gasteiger partial charge in [0.25, 0.3) is 5.91 Å². The summed E-state index contributed by atoms with van der Waals surface area (Å²) in [5.74, 6) is -0.676. The Balaban J connectivity index is 1.37. The van der Waals surface area contributed by atoms with Crippen LogP contribution >= 0.6 is 0 Å². The topological polar surface area (TPSA) is 94.6 Å². The van der Waals surface area contributed by atoms with Gasteiger partial charge in [-0.3, -0.25) is 14.6 Å². The highest BCUT2D eigenvalue weighted by molar-refractivity contribution is 5.96. The minimum absolute atomic E-state index is 0.00726. The number of aromatic hydroxyl groups is 1. The minimum atomic E-state index is -4.55. The molecule has 2 amide bonds. The van der Waals surface area contributed by atoms with Crippen molar-refractivity contribution in [1.82, 2.24) is 20.5 Å². The molecule has 182 valence electrons. The zero-order valence-electron chi connectivity index (χ0n) is 18.5. The van der Waals surface area contributed by atoms with E-state index in [1.165, 1.54) is 12.1 Å². The van der Waals surface area contributed by atoms with Gasteiger partial charge in [0, 0.05) is 36.8 Å². The lowest BCUT2D eigenvalue weighted by Crippen LogP contribution is -2.63. The van der Waals surface area contributed by atoms with Gasteiger partial charge in [-0.15, -0.1) is 0 Å². The average Bonchev–Trinajstić information content (AvgIpc) is 2.79. The van der Waals surface area contributed by atoms with Gasteiger partial charge >= 0.3 is 6.18 Å². The number of benzene rings is 1. The van der Waals surface area contributed by atoms with Gasteiger partial charge < -0.3 is 20.6 Å². The molecule has 0 radical (unpaired) electrons. The number of hydrogen-bond acceptors (Lipinski definition) is 5. The van der Waals surface area contributed by atoms with Gasteiger partial charge in [0.15, 0.2) is 0 Å². The Morgan fingerprint density at radius 3 is 2.44 bits per heavy atom. The Morgan fingerprint density at radius 2 is 1.82 bits per heavy atom. The highest BCUT2D eigenvalue weighted by Crippen LogP contribution is 2.38. The number of rotatable bonds is 6. The molecule has 7 nitrogen and oxygen atoms in total. The first kappa shape index (κ1) is 24.0. The molecular formula is C24H27F3N4O3. The van der Waals surface area contributed by atoms with Crippen LogP contribution in [0.1, 0.15) is 53.2 Å². The number of nitrogens with zero attached hydrogens (tertiary/aromatic N) is 2. The standard InChI is InChI=1S/C24H27F3N4O3/c25-24(26,27)17-4-1-3-16(11-17)23(34)30-14-21(33)31(19-12-28-13-19)18-8-6-15(7-9-18)22-20(32)5-2-10-29-22/h1-5,10-11,15,18-19,28,32H,6-9,12-14H2,(H,30,34). The lowest BCUT2D eigenvalue weighted by Gasteiger charge is -2.45. The summed E-state index contributed by atoms with van der Waals surface area (Å²) < 4.78 is 38.8. The Hall–Kier alpha value is -3.14. The summed E-state index contributed by atoms with van der Waals surface area (Å²) in [6.45, 7) is 1.04. The van der Waals surface area contributed by atoms with E-state index in [9.17, 15) is 27.9 Å². The average molecular weight is 476 g/mol. The van der Waals surface area contributed by atoms with E-state index in [1.807, 2.05) is 4.90 Å².